The van der Waals surface area contributed by atoms with Crippen molar-refractivity contribution in [3.63, 3.8) is 0 Å². The van der Waals surface area contributed by atoms with Gasteiger partial charge in [-0.15, -0.1) is 0 Å². The van der Waals surface area contributed by atoms with E-state index in [1.54, 1.807) is 0 Å². The minimum atomic E-state index is 0.520. The first-order valence-corrected chi connectivity index (χ1v) is 7.71. The van der Waals surface area contributed by atoms with E-state index in [9.17, 15) is 0 Å². The molecule has 1 heterocycles. The molecule has 1 aromatic heterocycles. The first kappa shape index (κ1) is 13.8. The largest absolute Gasteiger partial charge is 0.267 e. The van der Waals surface area contributed by atoms with E-state index in [4.69, 9.17) is 23.8 Å². The van der Waals surface area contributed by atoms with Crippen molar-refractivity contribution in [2.75, 3.05) is 0 Å². The van der Waals surface area contributed by atoms with Gasteiger partial charge in [0.05, 0.1) is 10.7 Å². The van der Waals surface area contributed by atoms with E-state index in [1.807, 2.05) is 53.1 Å². The fraction of sp³-hybridized carbons (Fsp3) is 0. The van der Waals surface area contributed by atoms with Crippen LogP contribution in [-0.2, 0) is 0 Å². The molecule has 1 N–H and O–H groups in total. The lowest BCUT2D eigenvalue weighted by atomic mass is 10.2. The summed E-state index contributed by atoms with van der Waals surface area (Å²) in [6.45, 7) is 0. The summed E-state index contributed by atoms with van der Waals surface area (Å²) in [6, 6.07) is 15.7. The van der Waals surface area contributed by atoms with Crippen molar-refractivity contribution in [1.29, 1.82) is 0 Å². The number of hydrogen-bond donors (Lipinski definition) is 1. The van der Waals surface area contributed by atoms with Gasteiger partial charge < -0.3 is 0 Å². The van der Waals surface area contributed by atoms with Gasteiger partial charge in [-0.2, -0.15) is 5.10 Å². The van der Waals surface area contributed by atoms with Gasteiger partial charge in [0.2, 0.25) is 0 Å². The minimum Gasteiger partial charge on any atom is -0.267 e. The van der Waals surface area contributed by atoms with Gasteiger partial charge in [0.25, 0.3) is 0 Å². The van der Waals surface area contributed by atoms with Crippen molar-refractivity contribution in [1.82, 2.24) is 14.8 Å². The van der Waals surface area contributed by atoms with Gasteiger partial charge >= 0.3 is 0 Å². The third-order valence-corrected chi connectivity index (χ3v) is 4.10. The molecule has 3 rings (SSSR count). The molecule has 0 saturated heterocycles. The average molecular weight is 414 g/mol. The molecule has 0 unspecified atom stereocenters. The lowest BCUT2D eigenvalue weighted by molar-refractivity contribution is 1.04. The van der Waals surface area contributed by atoms with Crippen molar-refractivity contribution in [2.24, 2.45) is 0 Å². The monoisotopic (exact) mass is 413 g/mol. The second kappa shape index (κ2) is 5.67. The normalized spacial score (nSPS) is 10.7. The first-order valence-electron chi connectivity index (χ1n) is 5.85. The molecule has 20 heavy (non-hydrogen) atoms. The maximum absolute atomic E-state index is 6.34. The Bertz CT molecular complexity index is 811. The third-order valence-electron chi connectivity index (χ3n) is 2.85. The fourth-order valence-electron chi connectivity index (χ4n) is 1.96. The molecule has 0 aliphatic rings. The molecule has 100 valence electrons. The quantitative estimate of drug-likeness (QED) is 0.481. The van der Waals surface area contributed by atoms with Crippen LogP contribution in [0.4, 0.5) is 0 Å². The second-order valence-corrected chi connectivity index (χ2v) is 6.19. The second-order valence-electron chi connectivity index (χ2n) is 4.15. The molecule has 0 spiro atoms. The lowest BCUT2D eigenvalue weighted by Crippen LogP contribution is -1.99. The molecule has 0 radical (unpaired) electrons. The fourth-order valence-corrected chi connectivity index (χ4v) is 3.13. The van der Waals surface area contributed by atoms with Crippen LogP contribution in [0.1, 0.15) is 0 Å². The van der Waals surface area contributed by atoms with Crippen molar-refractivity contribution in [3.05, 3.63) is 61.9 Å². The Morgan fingerprint density at radius 3 is 2.60 bits per heavy atom. The lowest BCUT2D eigenvalue weighted by Gasteiger charge is -2.09. The standard InChI is InChI=1S/C14H9ClIN3S/c15-11-8-10(16)6-7-12(11)19-13(17-18-14(19)20)9-4-2-1-3-5-9/h1-8H,(H,18,20). The summed E-state index contributed by atoms with van der Waals surface area (Å²) < 4.78 is 3.45. The average Bonchev–Trinajstić information content (AvgIpc) is 2.82. The summed E-state index contributed by atoms with van der Waals surface area (Å²) in [6.07, 6.45) is 0. The van der Waals surface area contributed by atoms with Crippen LogP contribution in [0.3, 0.4) is 0 Å². The summed E-state index contributed by atoms with van der Waals surface area (Å²) in [5.41, 5.74) is 1.80. The Balaban J connectivity index is 2.25. The van der Waals surface area contributed by atoms with Crippen LogP contribution in [0, 0.1) is 8.34 Å². The molecule has 3 aromatic rings. The van der Waals surface area contributed by atoms with Gasteiger partial charge in [0.15, 0.2) is 10.6 Å². The predicted octanol–water partition coefficient (Wildman–Crippen LogP) is 4.85. The van der Waals surface area contributed by atoms with Crippen LogP contribution in [0.15, 0.2) is 48.5 Å². The van der Waals surface area contributed by atoms with Crippen LogP contribution in [0.25, 0.3) is 17.1 Å². The molecule has 0 fully saturated rings. The van der Waals surface area contributed by atoms with E-state index in [0.29, 0.717) is 9.79 Å². The Hall–Kier alpha value is -1.18. The SMILES string of the molecule is S=c1[nH]nc(-c2ccccc2)n1-c1ccc(I)cc1Cl. The predicted molar refractivity (Wildman–Crippen MR) is 91.9 cm³/mol. The maximum atomic E-state index is 6.34. The molecular weight excluding hydrogens is 405 g/mol. The molecule has 0 aliphatic carbocycles. The maximum Gasteiger partial charge on any atom is 0.200 e. The Morgan fingerprint density at radius 2 is 1.90 bits per heavy atom. The van der Waals surface area contributed by atoms with Crippen LogP contribution in [0.5, 0.6) is 0 Å². The molecule has 0 aliphatic heterocycles. The molecule has 2 aromatic carbocycles. The highest BCUT2D eigenvalue weighted by atomic mass is 127. The van der Waals surface area contributed by atoms with Gasteiger partial charge in [0, 0.05) is 9.13 Å². The van der Waals surface area contributed by atoms with E-state index < -0.39 is 0 Å². The number of aromatic nitrogens is 3. The number of rotatable bonds is 2. The van der Waals surface area contributed by atoms with Crippen molar-refractivity contribution >= 4 is 46.4 Å². The molecule has 0 saturated carbocycles. The highest BCUT2D eigenvalue weighted by molar-refractivity contribution is 14.1. The van der Waals surface area contributed by atoms with E-state index in [0.717, 1.165) is 20.6 Å². The van der Waals surface area contributed by atoms with Crippen LogP contribution >= 0.6 is 46.4 Å². The third kappa shape index (κ3) is 2.53. The number of halogens is 2. The number of nitrogens with zero attached hydrogens (tertiary/aromatic N) is 2. The van der Waals surface area contributed by atoms with Crippen LogP contribution in [0.2, 0.25) is 5.02 Å². The molecular formula is C14H9ClIN3S. The van der Waals surface area contributed by atoms with E-state index in [1.165, 1.54) is 0 Å². The Morgan fingerprint density at radius 1 is 1.15 bits per heavy atom. The van der Waals surface area contributed by atoms with Gasteiger partial charge in [0.1, 0.15) is 0 Å². The first-order chi connectivity index (χ1) is 9.66. The van der Waals surface area contributed by atoms with Crippen LogP contribution < -0.4 is 0 Å². The smallest absolute Gasteiger partial charge is 0.200 e. The van der Waals surface area contributed by atoms with Crippen molar-refractivity contribution in [2.45, 2.75) is 0 Å². The summed E-state index contributed by atoms with van der Waals surface area (Å²) in [4.78, 5) is 0. The highest BCUT2D eigenvalue weighted by Gasteiger charge is 2.13. The number of nitrogens with one attached hydrogen (secondary N) is 1. The van der Waals surface area contributed by atoms with E-state index in [2.05, 4.69) is 32.8 Å². The molecule has 0 bridgehead atoms. The zero-order chi connectivity index (χ0) is 14.1. The molecule has 6 heteroatoms. The zero-order valence-electron chi connectivity index (χ0n) is 10.2. The molecule has 3 nitrogen and oxygen atoms in total. The topological polar surface area (TPSA) is 33.6 Å². The summed E-state index contributed by atoms with van der Waals surface area (Å²) in [5, 5.41) is 7.79. The zero-order valence-corrected chi connectivity index (χ0v) is 13.9. The highest BCUT2D eigenvalue weighted by Crippen LogP contribution is 2.27. The number of hydrogen-bond acceptors (Lipinski definition) is 2. The number of benzene rings is 2. The van der Waals surface area contributed by atoms with E-state index in [-0.39, 0.29) is 0 Å². The minimum absolute atomic E-state index is 0.520. The van der Waals surface area contributed by atoms with Gasteiger partial charge in [-0.1, -0.05) is 41.9 Å². The van der Waals surface area contributed by atoms with Crippen molar-refractivity contribution < 1.29 is 0 Å². The Labute approximate surface area is 139 Å². The van der Waals surface area contributed by atoms with Crippen LogP contribution in [-0.4, -0.2) is 14.8 Å². The summed E-state index contributed by atoms with van der Waals surface area (Å²) in [7, 11) is 0. The van der Waals surface area contributed by atoms with Gasteiger partial charge in [-0.3, -0.25) is 9.67 Å². The Kier molecular flexibility index (Phi) is 3.91. The summed E-state index contributed by atoms with van der Waals surface area (Å²) >= 11 is 13.9. The van der Waals surface area contributed by atoms with Crippen molar-refractivity contribution in [3.8, 4) is 17.1 Å². The van der Waals surface area contributed by atoms with Gasteiger partial charge in [-0.05, 0) is 53.0 Å². The van der Waals surface area contributed by atoms with Gasteiger partial charge in [-0.25, -0.2) is 0 Å². The number of H-pyrrole nitrogens is 1. The van der Waals surface area contributed by atoms with E-state index >= 15 is 0 Å². The summed E-state index contributed by atoms with van der Waals surface area (Å²) in [5.74, 6) is 0.749. The molecule has 0 atom stereocenters. The number of aromatic amines is 1. The molecule has 0 amide bonds.